The van der Waals surface area contributed by atoms with Crippen molar-refractivity contribution in [2.45, 2.75) is 227 Å². The first-order valence-electron chi connectivity index (χ1n) is 39.8. The van der Waals surface area contributed by atoms with Crippen molar-refractivity contribution in [2.24, 2.45) is 35.5 Å². The molecule has 2 saturated heterocycles. The number of hydrogen-bond donors (Lipinski definition) is 4. The molecule has 111 heavy (non-hydrogen) atoms. The number of aliphatic hydroxyl groups excluding tert-OH is 1. The van der Waals surface area contributed by atoms with E-state index in [9.17, 15) is 38.7 Å². The molecule has 0 aromatic heterocycles. The molecule has 0 bridgehead atoms. The number of nitrogens with one attached hydrogen (secondary N) is 3. The molecule has 2 heterocycles. The van der Waals surface area contributed by atoms with Crippen LogP contribution >= 0.6 is 0 Å². The van der Waals surface area contributed by atoms with Gasteiger partial charge < -0.3 is 59.8 Å². The molecule has 2 aliphatic heterocycles. The van der Waals surface area contributed by atoms with E-state index in [1.54, 1.807) is 82.1 Å². The average molecular weight is 1540 g/mol. The van der Waals surface area contributed by atoms with Gasteiger partial charge in [-0.05, 0) is 99.2 Å². The number of hydrogen-bond acceptors (Lipinski definition) is 15. The maximum absolute atomic E-state index is 15.8. The van der Waals surface area contributed by atoms with Crippen molar-refractivity contribution < 1.29 is 67.4 Å². The molecule has 2 fully saturated rings. The third-order valence-electron chi connectivity index (χ3n) is 21.9. The average Bonchev–Trinajstić information content (AvgIpc) is 0.821. The number of ketones is 2. The number of likely N-dealkylation sites (tertiary alicyclic amines) is 1. The van der Waals surface area contributed by atoms with Gasteiger partial charge in [-0.25, -0.2) is 0 Å². The number of rotatable bonds is 21. The van der Waals surface area contributed by atoms with E-state index in [2.05, 4.69) is 16.0 Å². The van der Waals surface area contributed by atoms with Crippen LogP contribution in [-0.2, 0) is 81.6 Å². The summed E-state index contributed by atoms with van der Waals surface area (Å²) in [4.78, 5) is 205. The number of likely N-dealkylation sites (N-methyl/N-ethyl adjacent to an activating group) is 6. The van der Waals surface area contributed by atoms with Crippen LogP contribution in [0.5, 0.6) is 0 Å². The van der Waals surface area contributed by atoms with Crippen LogP contribution in [0.15, 0.2) is 91.0 Å². The Hall–Kier alpha value is -8.91. The molecular weight excluding hydrogens is 1410 g/mol. The first-order chi connectivity index (χ1) is 52.2. The highest BCUT2D eigenvalue weighted by molar-refractivity contribution is 5.98. The van der Waals surface area contributed by atoms with E-state index in [4.69, 9.17) is 0 Å². The molecule has 2 aliphatic rings. The second-order valence-corrected chi connectivity index (χ2v) is 32.8. The molecule has 0 spiro atoms. The normalized spacial score (nSPS) is 23.1. The first kappa shape index (κ1) is 92.7. The fourth-order valence-electron chi connectivity index (χ4n) is 14.6. The molecule has 614 valence electrons. The van der Waals surface area contributed by atoms with E-state index in [-0.39, 0.29) is 101 Å². The number of aliphatic hydroxyl groups is 1. The van der Waals surface area contributed by atoms with Crippen LogP contribution in [0.25, 0.3) is 0 Å². The van der Waals surface area contributed by atoms with Crippen molar-refractivity contribution >= 4 is 76.5 Å². The smallest absolute Gasteiger partial charge is 0.246 e. The molecule has 12 atom stereocenters. The second-order valence-electron chi connectivity index (χ2n) is 32.8. The molecular formula is C85H130N12O14. The second kappa shape index (κ2) is 44.4. The SMILES string of the molecule is CC(C)C[C@H]1C(=O)N(C)[C@@H](CC(C)C)C(=O)CN[C@H](C(=O)N(C)[C@@H](Cc2ccccc2)C(=O)N(C)[C@@H](Cc2ccccc2)C(=O)N[C@@H](C)C(=O)N2CCCCC2)CC(=O)N(C)CCC(=O)C[C@@H]([C@@H](C)O)CC(=O)N(C)C[C@@H](C)C(=O)N(C)[C@@H](CC(C)C)C(=O)N[C@@H](C(C)C)C(=O)N(C)[C@@H](Cc2ccccc2)CC(=O)N1C. The minimum Gasteiger partial charge on any atom is -0.393 e. The van der Waals surface area contributed by atoms with E-state index >= 15 is 28.8 Å². The molecule has 26 heteroatoms. The lowest BCUT2D eigenvalue weighted by Gasteiger charge is -2.38. The lowest BCUT2D eigenvalue weighted by Crippen LogP contribution is -2.60. The molecule has 4 N–H and O–H groups in total. The third-order valence-corrected chi connectivity index (χ3v) is 21.9. The Bertz CT molecular complexity index is 3590. The summed E-state index contributed by atoms with van der Waals surface area (Å²) in [7, 11) is 11.9. The number of amides is 11. The predicted molar refractivity (Wildman–Crippen MR) is 427 cm³/mol. The zero-order valence-electron chi connectivity index (χ0n) is 69.6. The summed E-state index contributed by atoms with van der Waals surface area (Å²) in [5, 5.41) is 20.0. The van der Waals surface area contributed by atoms with Gasteiger partial charge in [0.25, 0.3) is 0 Å². The Labute approximate surface area is 659 Å². The Balaban J connectivity index is 1.62. The van der Waals surface area contributed by atoms with Crippen LogP contribution < -0.4 is 16.0 Å². The highest BCUT2D eigenvalue weighted by Gasteiger charge is 2.43. The van der Waals surface area contributed by atoms with Gasteiger partial charge in [-0.1, -0.05) is 153 Å². The van der Waals surface area contributed by atoms with E-state index in [0.717, 1.165) is 24.8 Å². The molecule has 0 unspecified atom stereocenters. The highest BCUT2D eigenvalue weighted by atomic mass is 16.3. The third kappa shape index (κ3) is 27.8. The molecule has 0 radical (unpaired) electrons. The topological polar surface area (TPSA) is 307 Å². The van der Waals surface area contributed by atoms with Crippen LogP contribution in [0.4, 0.5) is 0 Å². The molecule has 0 aliphatic carbocycles. The van der Waals surface area contributed by atoms with Crippen LogP contribution in [0.3, 0.4) is 0 Å². The van der Waals surface area contributed by atoms with E-state index < -0.39 is 162 Å². The van der Waals surface area contributed by atoms with Gasteiger partial charge in [0.15, 0.2) is 5.78 Å². The number of nitrogens with zero attached hydrogens (tertiary/aromatic N) is 9. The van der Waals surface area contributed by atoms with Crippen LogP contribution in [-0.4, -0.2) is 275 Å². The van der Waals surface area contributed by atoms with Gasteiger partial charge in [0.2, 0.25) is 65.0 Å². The van der Waals surface area contributed by atoms with E-state index in [1.165, 1.54) is 95.5 Å². The Morgan fingerprint density at radius 1 is 0.541 bits per heavy atom. The van der Waals surface area contributed by atoms with Crippen LogP contribution in [0.2, 0.25) is 0 Å². The van der Waals surface area contributed by atoms with Gasteiger partial charge in [0.1, 0.15) is 42.0 Å². The summed E-state index contributed by atoms with van der Waals surface area (Å²) in [5.74, 6) is -9.70. The molecule has 3 aromatic rings. The summed E-state index contributed by atoms with van der Waals surface area (Å²) >= 11 is 0. The van der Waals surface area contributed by atoms with E-state index in [0.29, 0.717) is 24.2 Å². The zero-order chi connectivity index (χ0) is 82.8. The van der Waals surface area contributed by atoms with Gasteiger partial charge in [0, 0.05) is 133 Å². The predicted octanol–water partition coefficient (Wildman–Crippen LogP) is 6.08. The number of Topliss-reactive ketones (excluding diaryl/α,β-unsaturated/α-hetero) is 2. The standard InChI is InChI=1S/C85H130N12O14/c1-54(2)42-68-73(100)52-86-67(82(108)96(19)72(47-63-36-28-22-29-37-63)84(110)95(18)70(46-62-34-26-21-27-35-62)78(104)87-59(10)81(107)97-39-30-23-31-40-97)51-75(102)89(12)41-38-66(99)48-64(60(11)98)49-74(101)90(13)53-58(9)80(106)94(17)69(43-55(3)4)79(105)88-77(57(7)8)85(111)91(14)65(45-61-32-24-20-25-33-61)50-76(103)92(15)71(44-56(5)6)83(109)93(68)16/h20-22,24-29,32-37,54-60,64-65,67-72,77,86,98H,23,30-31,38-53H2,1-19H3,(H,87,104)(H,88,105)/t58-,59+,60-,64-,65+,67+,68+,69+,70+,71+,72+,77+/m1/s1. The minimum atomic E-state index is -1.56. The van der Waals surface area contributed by atoms with E-state index in [1.807, 2.05) is 90.1 Å². The first-order valence-corrected chi connectivity index (χ1v) is 39.8. The molecule has 26 nitrogen and oxygen atoms in total. The van der Waals surface area contributed by atoms with Crippen LogP contribution in [0, 0.1) is 35.5 Å². The van der Waals surface area contributed by atoms with Gasteiger partial charge >= 0.3 is 0 Å². The largest absolute Gasteiger partial charge is 0.393 e. The fourth-order valence-corrected chi connectivity index (χ4v) is 14.6. The summed E-state index contributed by atoms with van der Waals surface area (Å²) in [5.41, 5.74) is 2.14. The summed E-state index contributed by atoms with van der Waals surface area (Å²) in [6.07, 6.45) is 0.448. The maximum Gasteiger partial charge on any atom is 0.246 e. The van der Waals surface area contributed by atoms with Gasteiger partial charge in [-0.2, -0.15) is 0 Å². The van der Waals surface area contributed by atoms with Gasteiger partial charge in [-0.3, -0.25) is 67.6 Å². The lowest BCUT2D eigenvalue weighted by atomic mass is 9.92. The van der Waals surface area contributed by atoms with Crippen molar-refractivity contribution in [1.29, 1.82) is 0 Å². The molecule has 5 rings (SSSR count). The molecule has 3 aromatic carbocycles. The highest BCUT2D eigenvalue weighted by Crippen LogP contribution is 2.26. The Morgan fingerprint density at radius 3 is 1.58 bits per heavy atom. The Morgan fingerprint density at radius 2 is 1.05 bits per heavy atom. The summed E-state index contributed by atoms with van der Waals surface area (Å²) < 4.78 is 0. The number of piperidine rings is 1. The molecule has 0 saturated carbocycles. The molecule has 11 amide bonds. The Kier molecular flexibility index (Phi) is 37.0. The number of carbonyl (C=O) groups is 13. The summed E-state index contributed by atoms with van der Waals surface area (Å²) in [6, 6.07) is 16.8. The minimum absolute atomic E-state index is 0.0238. The number of benzene rings is 3. The number of carbonyl (C=O) groups excluding carboxylic acids is 13. The van der Waals surface area contributed by atoms with Gasteiger partial charge in [0.05, 0.1) is 37.1 Å². The van der Waals surface area contributed by atoms with Crippen molar-refractivity contribution in [2.75, 3.05) is 89.1 Å². The zero-order valence-corrected chi connectivity index (χ0v) is 69.6. The quantitative estimate of drug-likeness (QED) is 0.0939. The van der Waals surface area contributed by atoms with Crippen LogP contribution in [0.1, 0.15) is 163 Å². The van der Waals surface area contributed by atoms with Crippen molar-refractivity contribution in [3.05, 3.63) is 108 Å². The van der Waals surface area contributed by atoms with Crippen molar-refractivity contribution in [3.63, 3.8) is 0 Å². The van der Waals surface area contributed by atoms with Crippen molar-refractivity contribution in [3.8, 4) is 0 Å². The van der Waals surface area contributed by atoms with Crippen molar-refractivity contribution in [1.82, 2.24) is 60.0 Å². The summed E-state index contributed by atoms with van der Waals surface area (Å²) in [6.45, 7) is 19.9. The fraction of sp³-hybridized carbons (Fsp3) is 0.635. The lowest BCUT2D eigenvalue weighted by molar-refractivity contribution is -0.150. The maximum atomic E-state index is 15.8. The van der Waals surface area contributed by atoms with Gasteiger partial charge in [-0.15, -0.1) is 0 Å². The monoisotopic (exact) mass is 1540 g/mol.